The summed E-state index contributed by atoms with van der Waals surface area (Å²) in [5.74, 6) is -0.434. The molecule has 0 spiro atoms. The quantitative estimate of drug-likeness (QED) is 0.0338. The third-order valence-electron chi connectivity index (χ3n) is 5.67. The van der Waals surface area contributed by atoms with Crippen LogP contribution in [0.1, 0.15) is 71.1 Å². The maximum atomic E-state index is 11.8. The molecule has 0 bridgehead atoms. The number of ether oxygens (including phenoxy) is 1. The van der Waals surface area contributed by atoms with Gasteiger partial charge in [0.25, 0.3) is 0 Å². The van der Waals surface area contributed by atoms with Gasteiger partial charge in [-0.25, -0.2) is 4.57 Å². The van der Waals surface area contributed by atoms with Crippen LogP contribution in [0.15, 0.2) is 85.1 Å². The van der Waals surface area contributed by atoms with Gasteiger partial charge < -0.3 is 19.2 Å². The molecule has 0 saturated carbocycles. The lowest BCUT2D eigenvalue weighted by molar-refractivity contribution is -0.870. The number of allylic oxidation sites excluding steroid dienone is 14. The average Bonchev–Trinajstić information content (AvgIpc) is 2.94. The lowest BCUT2D eigenvalue weighted by Gasteiger charge is -2.24. The largest absolute Gasteiger partial charge is 0.472 e. The zero-order chi connectivity index (χ0) is 32.1. The SMILES string of the molecule is CC/C=C\C/C=C\C/C=C\C/C=C\C/C=C\C/C=C\C/C=C\CCCC(=O)OCC(O)COP(=O)(O)OCC[N+](C)(C)C. The van der Waals surface area contributed by atoms with E-state index in [9.17, 15) is 19.4 Å². The summed E-state index contributed by atoms with van der Waals surface area (Å²) in [6, 6.07) is 0. The van der Waals surface area contributed by atoms with Gasteiger partial charge >= 0.3 is 13.8 Å². The molecule has 0 fully saturated rings. The predicted molar refractivity (Wildman–Crippen MR) is 177 cm³/mol. The van der Waals surface area contributed by atoms with Gasteiger partial charge in [0.2, 0.25) is 0 Å². The maximum absolute atomic E-state index is 11.8. The molecule has 0 aliphatic rings. The summed E-state index contributed by atoms with van der Waals surface area (Å²) in [4.78, 5) is 21.5. The van der Waals surface area contributed by atoms with Crippen LogP contribution >= 0.6 is 7.82 Å². The third-order valence-corrected chi connectivity index (χ3v) is 6.65. The number of hydrogen-bond acceptors (Lipinski definition) is 6. The van der Waals surface area contributed by atoms with Gasteiger partial charge in [-0.15, -0.1) is 0 Å². The molecule has 0 radical (unpaired) electrons. The number of esters is 1. The fraction of sp³-hybridized carbons (Fsp3) is 0.559. The normalized spacial score (nSPS) is 15.4. The molecule has 244 valence electrons. The summed E-state index contributed by atoms with van der Waals surface area (Å²) in [6.07, 6.45) is 37.4. The summed E-state index contributed by atoms with van der Waals surface area (Å²) in [5.41, 5.74) is 0. The minimum atomic E-state index is -4.27. The Kier molecular flexibility index (Phi) is 25.8. The van der Waals surface area contributed by atoms with Crippen LogP contribution in [-0.2, 0) is 23.1 Å². The second kappa shape index (κ2) is 27.2. The van der Waals surface area contributed by atoms with E-state index in [1.165, 1.54) is 0 Å². The Hall–Kier alpha value is -2.32. The highest BCUT2D eigenvalue weighted by Gasteiger charge is 2.24. The molecule has 0 heterocycles. The molecule has 0 saturated heterocycles. The number of hydrogen-bond donors (Lipinski definition) is 2. The van der Waals surface area contributed by atoms with Crippen LogP contribution in [0.3, 0.4) is 0 Å². The zero-order valence-electron chi connectivity index (χ0n) is 26.9. The van der Waals surface area contributed by atoms with Gasteiger partial charge in [-0.1, -0.05) is 92.0 Å². The van der Waals surface area contributed by atoms with Gasteiger partial charge in [0.15, 0.2) is 0 Å². The number of carbonyl (C=O) groups excluding carboxylic acids is 1. The number of nitrogens with zero attached hydrogens (tertiary/aromatic N) is 1. The van der Waals surface area contributed by atoms with Crippen LogP contribution in [0, 0.1) is 0 Å². The summed E-state index contributed by atoms with van der Waals surface area (Å²) in [5, 5.41) is 9.85. The zero-order valence-corrected chi connectivity index (χ0v) is 27.8. The van der Waals surface area contributed by atoms with Crippen molar-refractivity contribution in [3.8, 4) is 0 Å². The van der Waals surface area contributed by atoms with E-state index in [0.717, 1.165) is 51.4 Å². The van der Waals surface area contributed by atoms with Crippen LogP contribution < -0.4 is 0 Å². The molecule has 43 heavy (non-hydrogen) atoms. The Labute approximate surface area is 261 Å². The minimum absolute atomic E-state index is 0.0399. The van der Waals surface area contributed by atoms with E-state index in [1.54, 1.807) is 0 Å². The Morgan fingerprint density at radius 1 is 0.721 bits per heavy atom. The molecular weight excluding hydrogens is 565 g/mol. The monoisotopic (exact) mass is 622 g/mol. The summed E-state index contributed by atoms with van der Waals surface area (Å²) in [6.45, 7) is 1.93. The molecule has 2 atom stereocenters. The van der Waals surface area contributed by atoms with Crippen LogP contribution in [0.2, 0.25) is 0 Å². The van der Waals surface area contributed by atoms with Crippen LogP contribution in [-0.4, -0.2) is 74.1 Å². The summed E-state index contributed by atoms with van der Waals surface area (Å²) >= 11 is 0. The number of carbonyl (C=O) groups is 1. The van der Waals surface area contributed by atoms with E-state index >= 15 is 0 Å². The molecule has 0 aromatic carbocycles. The first kappa shape index (κ1) is 40.7. The van der Waals surface area contributed by atoms with Crippen LogP contribution in [0.4, 0.5) is 0 Å². The number of rotatable bonds is 26. The molecule has 0 aromatic rings. The topological polar surface area (TPSA) is 102 Å². The highest BCUT2D eigenvalue weighted by atomic mass is 31.2. The predicted octanol–water partition coefficient (Wildman–Crippen LogP) is 7.54. The molecule has 8 nitrogen and oxygen atoms in total. The lowest BCUT2D eigenvalue weighted by Crippen LogP contribution is -2.37. The highest BCUT2D eigenvalue weighted by Crippen LogP contribution is 2.43. The van der Waals surface area contributed by atoms with Gasteiger partial charge in [0.05, 0.1) is 27.7 Å². The van der Waals surface area contributed by atoms with Gasteiger partial charge in [-0.2, -0.15) is 0 Å². The Balaban J connectivity index is 3.76. The van der Waals surface area contributed by atoms with E-state index in [2.05, 4.69) is 85.9 Å². The molecule has 2 N–H and O–H groups in total. The first-order chi connectivity index (χ1) is 20.6. The lowest BCUT2D eigenvalue weighted by atomic mass is 10.2. The van der Waals surface area contributed by atoms with Crippen molar-refractivity contribution in [1.82, 2.24) is 0 Å². The molecular formula is C34H57NO7P+. The number of quaternary nitrogens is 1. The van der Waals surface area contributed by atoms with Crippen molar-refractivity contribution < 1.29 is 37.6 Å². The third kappa shape index (κ3) is 32.4. The minimum Gasteiger partial charge on any atom is -0.463 e. The first-order valence-corrected chi connectivity index (χ1v) is 16.9. The van der Waals surface area contributed by atoms with E-state index in [4.69, 9.17) is 13.8 Å². The summed E-state index contributed by atoms with van der Waals surface area (Å²) < 4.78 is 27.0. The Morgan fingerprint density at radius 3 is 1.60 bits per heavy atom. The Bertz CT molecular complexity index is 958. The van der Waals surface area contributed by atoms with Crippen molar-refractivity contribution >= 4 is 13.8 Å². The molecule has 9 heteroatoms. The number of aliphatic hydroxyl groups excluding tert-OH is 1. The van der Waals surface area contributed by atoms with Crippen LogP contribution in [0.25, 0.3) is 0 Å². The number of likely N-dealkylation sites (N-methyl/N-ethyl adjacent to an activating group) is 1. The van der Waals surface area contributed by atoms with E-state index < -0.39 is 26.5 Å². The number of unbranched alkanes of at least 4 members (excludes halogenated alkanes) is 1. The first-order valence-electron chi connectivity index (χ1n) is 15.4. The van der Waals surface area contributed by atoms with Gasteiger partial charge in [0.1, 0.15) is 25.9 Å². The maximum Gasteiger partial charge on any atom is 0.472 e. The molecule has 0 aromatic heterocycles. The summed E-state index contributed by atoms with van der Waals surface area (Å²) in [7, 11) is 1.51. The molecule has 2 unspecified atom stereocenters. The number of phosphoric ester groups is 1. The molecule has 0 rings (SSSR count). The van der Waals surface area contributed by atoms with Crippen LogP contribution in [0.5, 0.6) is 0 Å². The van der Waals surface area contributed by atoms with Gasteiger partial charge in [0, 0.05) is 6.42 Å². The second-order valence-electron chi connectivity index (χ2n) is 11.0. The van der Waals surface area contributed by atoms with Crippen molar-refractivity contribution in [2.45, 2.75) is 77.2 Å². The fourth-order valence-electron chi connectivity index (χ4n) is 3.23. The highest BCUT2D eigenvalue weighted by molar-refractivity contribution is 7.47. The fourth-order valence-corrected chi connectivity index (χ4v) is 3.98. The van der Waals surface area contributed by atoms with Crippen molar-refractivity contribution in [1.29, 1.82) is 0 Å². The molecule has 0 amide bonds. The Morgan fingerprint density at radius 2 is 1.16 bits per heavy atom. The van der Waals surface area contributed by atoms with Crippen molar-refractivity contribution in [3.05, 3.63) is 85.1 Å². The van der Waals surface area contributed by atoms with E-state index in [-0.39, 0.29) is 19.6 Å². The van der Waals surface area contributed by atoms with Gasteiger partial charge in [-0.3, -0.25) is 13.8 Å². The average molecular weight is 623 g/mol. The smallest absolute Gasteiger partial charge is 0.463 e. The second-order valence-corrected chi connectivity index (χ2v) is 12.4. The van der Waals surface area contributed by atoms with Crippen molar-refractivity contribution in [2.24, 2.45) is 0 Å². The van der Waals surface area contributed by atoms with Crippen molar-refractivity contribution in [3.63, 3.8) is 0 Å². The van der Waals surface area contributed by atoms with Crippen molar-refractivity contribution in [2.75, 3.05) is 47.5 Å². The molecule has 0 aliphatic heterocycles. The van der Waals surface area contributed by atoms with Gasteiger partial charge in [-0.05, 0) is 57.8 Å². The van der Waals surface area contributed by atoms with E-state index in [0.29, 0.717) is 17.4 Å². The number of aliphatic hydroxyl groups is 1. The standard InChI is InChI=1S/C34H56NO7P/c1-5-6-7-8-9-10-11-12-13-14-15-16-17-18-19-20-21-22-23-24-25-26-27-28-34(37)40-31-33(36)32-42-43(38,39)41-30-29-35(2,3)4/h6-7,9-10,12-13,15-16,18-19,21-22,24-25,33,36H,5,8,11,14,17,20,23,26-32H2,1-4H3/p+1/b7-6-,10-9-,13-12-,16-15-,19-18-,22-21-,25-24-. The number of phosphoric acid groups is 1. The van der Waals surface area contributed by atoms with E-state index in [1.807, 2.05) is 27.2 Å². The molecule has 0 aliphatic carbocycles.